The number of pyridine rings is 1. The molecule has 1 aliphatic rings. The van der Waals surface area contributed by atoms with Crippen molar-refractivity contribution in [1.29, 1.82) is 0 Å². The molecule has 1 saturated heterocycles. The number of aromatic nitrogens is 1. The molecule has 16 heavy (non-hydrogen) atoms. The van der Waals surface area contributed by atoms with Gasteiger partial charge in [-0.15, -0.1) is 0 Å². The molecule has 0 amide bonds. The Kier molecular flexibility index (Phi) is 3.36. The maximum absolute atomic E-state index is 8.58. The summed E-state index contributed by atoms with van der Waals surface area (Å²) < 4.78 is 0. The first-order chi connectivity index (χ1) is 7.81. The number of rotatable bonds is 3. The summed E-state index contributed by atoms with van der Waals surface area (Å²) in [6.45, 7) is 1.49. The maximum Gasteiger partial charge on any atom is 0.153 e. The fourth-order valence-corrected chi connectivity index (χ4v) is 2.21. The minimum Gasteiger partial charge on any atom is -0.409 e. The van der Waals surface area contributed by atoms with Gasteiger partial charge in [0.25, 0.3) is 0 Å². The van der Waals surface area contributed by atoms with Gasteiger partial charge in [0.1, 0.15) is 0 Å². The number of nitrogens with zero attached hydrogens (tertiary/aromatic N) is 3. The van der Waals surface area contributed by atoms with Crippen LogP contribution in [0.5, 0.6) is 0 Å². The summed E-state index contributed by atoms with van der Waals surface area (Å²) >= 11 is 0. The highest BCUT2D eigenvalue weighted by molar-refractivity contribution is 5.81. The van der Waals surface area contributed by atoms with Crippen LogP contribution >= 0.6 is 0 Å². The summed E-state index contributed by atoms with van der Waals surface area (Å²) in [5.74, 6) is 0.260. The summed E-state index contributed by atoms with van der Waals surface area (Å²) in [4.78, 5) is 6.34. The van der Waals surface area contributed by atoms with Crippen molar-refractivity contribution in [3.63, 3.8) is 0 Å². The van der Waals surface area contributed by atoms with E-state index in [9.17, 15) is 0 Å². The van der Waals surface area contributed by atoms with Gasteiger partial charge in [-0.2, -0.15) is 0 Å². The molecule has 86 valence electrons. The zero-order chi connectivity index (χ0) is 11.4. The van der Waals surface area contributed by atoms with Gasteiger partial charge in [-0.05, 0) is 31.0 Å². The topological polar surface area (TPSA) is 74.7 Å². The van der Waals surface area contributed by atoms with E-state index in [-0.39, 0.29) is 5.84 Å². The van der Waals surface area contributed by atoms with Crippen LogP contribution in [0.1, 0.15) is 24.4 Å². The zero-order valence-corrected chi connectivity index (χ0v) is 9.08. The van der Waals surface area contributed by atoms with Gasteiger partial charge in [-0.25, -0.2) is 0 Å². The minimum atomic E-state index is 0.260. The molecular weight excluding hydrogens is 204 g/mol. The summed E-state index contributed by atoms with van der Waals surface area (Å²) in [5.41, 5.74) is 6.74. The molecule has 0 radical (unpaired) electrons. The SMILES string of the molecule is NC(CN1CCC[C@H]1c1cccnc1)=NO. The van der Waals surface area contributed by atoms with Crippen molar-refractivity contribution in [1.82, 2.24) is 9.88 Å². The number of likely N-dealkylation sites (tertiary alicyclic amines) is 1. The Labute approximate surface area is 94.6 Å². The second-order valence-electron chi connectivity index (χ2n) is 4.01. The van der Waals surface area contributed by atoms with Gasteiger partial charge in [0.05, 0.1) is 6.54 Å². The Balaban J connectivity index is 2.09. The molecular formula is C11H16N4O. The lowest BCUT2D eigenvalue weighted by Crippen LogP contribution is -2.33. The molecule has 1 aromatic rings. The molecule has 1 aromatic heterocycles. The normalized spacial score (nSPS) is 22.5. The number of hydrogen-bond acceptors (Lipinski definition) is 4. The standard InChI is InChI=1S/C11H16N4O/c12-11(14-16)8-15-6-2-4-10(15)9-3-1-5-13-7-9/h1,3,5,7,10,16H,2,4,6,8H2,(H2,12,14)/t10-/m0/s1. The van der Waals surface area contributed by atoms with Crippen molar-refractivity contribution in [3.8, 4) is 0 Å². The van der Waals surface area contributed by atoms with Crippen molar-refractivity contribution in [2.24, 2.45) is 10.9 Å². The Morgan fingerprint density at radius 1 is 1.69 bits per heavy atom. The summed E-state index contributed by atoms with van der Waals surface area (Å²) in [5, 5.41) is 11.6. The van der Waals surface area contributed by atoms with Gasteiger partial charge in [0, 0.05) is 18.4 Å². The van der Waals surface area contributed by atoms with E-state index in [0.717, 1.165) is 19.4 Å². The van der Waals surface area contributed by atoms with Crippen LogP contribution in [0, 0.1) is 0 Å². The molecule has 5 heteroatoms. The Morgan fingerprint density at radius 3 is 3.25 bits per heavy atom. The third kappa shape index (κ3) is 2.30. The van der Waals surface area contributed by atoms with E-state index in [4.69, 9.17) is 10.9 Å². The maximum atomic E-state index is 8.58. The second kappa shape index (κ2) is 4.94. The highest BCUT2D eigenvalue weighted by Crippen LogP contribution is 2.30. The molecule has 1 fully saturated rings. The molecule has 5 nitrogen and oxygen atoms in total. The van der Waals surface area contributed by atoms with Gasteiger partial charge < -0.3 is 10.9 Å². The van der Waals surface area contributed by atoms with E-state index in [1.807, 2.05) is 12.3 Å². The molecule has 3 N–H and O–H groups in total. The predicted octanol–water partition coefficient (Wildman–Crippen LogP) is 0.965. The fraction of sp³-hybridized carbons (Fsp3) is 0.455. The Bertz CT molecular complexity index is 366. The second-order valence-corrected chi connectivity index (χ2v) is 4.01. The van der Waals surface area contributed by atoms with E-state index in [1.165, 1.54) is 5.56 Å². The van der Waals surface area contributed by atoms with Crippen molar-refractivity contribution < 1.29 is 5.21 Å². The average molecular weight is 220 g/mol. The molecule has 2 heterocycles. The van der Waals surface area contributed by atoms with E-state index in [1.54, 1.807) is 6.20 Å². The lowest BCUT2D eigenvalue weighted by molar-refractivity contribution is 0.279. The molecule has 0 saturated carbocycles. The van der Waals surface area contributed by atoms with Crippen LogP contribution in [0.2, 0.25) is 0 Å². The highest BCUT2D eigenvalue weighted by atomic mass is 16.4. The van der Waals surface area contributed by atoms with Gasteiger partial charge in [0.2, 0.25) is 0 Å². The highest BCUT2D eigenvalue weighted by Gasteiger charge is 2.26. The predicted molar refractivity (Wildman–Crippen MR) is 61.2 cm³/mol. The number of amidine groups is 1. The van der Waals surface area contributed by atoms with Crippen molar-refractivity contribution in [2.75, 3.05) is 13.1 Å². The first kappa shape index (κ1) is 10.9. The third-order valence-electron chi connectivity index (χ3n) is 2.93. The van der Waals surface area contributed by atoms with Crippen LogP contribution in [0.15, 0.2) is 29.7 Å². The van der Waals surface area contributed by atoms with E-state index < -0.39 is 0 Å². The van der Waals surface area contributed by atoms with Crippen molar-refractivity contribution >= 4 is 5.84 Å². The smallest absolute Gasteiger partial charge is 0.153 e. The van der Waals surface area contributed by atoms with E-state index >= 15 is 0 Å². The lowest BCUT2D eigenvalue weighted by Gasteiger charge is -2.23. The molecule has 0 unspecified atom stereocenters. The monoisotopic (exact) mass is 220 g/mol. The summed E-state index contributed by atoms with van der Waals surface area (Å²) in [7, 11) is 0. The van der Waals surface area contributed by atoms with E-state index in [2.05, 4.69) is 21.1 Å². The van der Waals surface area contributed by atoms with E-state index in [0.29, 0.717) is 12.6 Å². The average Bonchev–Trinajstić information content (AvgIpc) is 2.78. The first-order valence-electron chi connectivity index (χ1n) is 5.41. The molecule has 0 bridgehead atoms. The zero-order valence-electron chi connectivity index (χ0n) is 9.08. The van der Waals surface area contributed by atoms with Crippen LogP contribution in [-0.4, -0.2) is 34.0 Å². The fourth-order valence-electron chi connectivity index (χ4n) is 2.21. The first-order valence-corrected chi connectivity index (χ1v) is 5.41. The van der Waals surface area contributed by atoms with Crippen LogP contribution in [0.3, 0.4) is 0 Å². The quantitative estimate of drug-likeness (QED) is 0.344. The lowest BCUT2D eigenvalue weighted by atomic mass is 10.1. The largest absolute Gasteiger partial charge is 0.409 e. The summed E-state index contributed by atoms with van der Waals surface area (Å²) in [6, 6.07) is 4.35. The van der Waals surface area contributed by atoms with Crippen LogP contribution < -0.4 is 5.73 Å². The van der Waals surface area contributed by atoms with Crippen LogP contribution in [0.25, 0.3) is 0 Å². The Hall–Kier alpha value is -1.62. The van der Waals surface area contributed by atoms with Gasteiger partial charge in [-0.3, -0.25) is 9.88 Å². The number of hydrogen-bond donors (Lipinski definition) is 2. The summed E-state index contributed by atoms with van der Waals surface area (Å²) in [6.07, 6.45) is 5.89. The minimum absolute atomic E-state index is 0.260. The van der Waals surface area contributed by atoms with Crippen molar-refractivity contribution in [3.05, 3.63) is 30.1 Å². The Morgan fingerprint density at radius 2 is 2.56 bits per heavy atom. The molecule has 0 aliphatic carbocycles. The van der Waals surface area contributed by atoms with Gasteiger partial charge in [-0.1, -0.05) is 11.2 Å². The molecule has 1 atom stereocenters. The third-order valence-corrected chi connectivity index (χ3v) is 2.93. The molecule has 0 aromatic carbocycles. The number of nitrogens with two attached hydrogens (primary N) is 1. The molecule has 2 rings (SSSR count). The molecule has 1 aliphatic heterocycles. The molecule has 0 spiro atoms. The van der Waals surface area contributed by atoms with Crippen LogP contribution in [0.4, 0.5) is 0 Å². The van der Waals surface area contributed by atoms with Crippen LogP contribution in [-0.2, 0) is 0 Å². The van der Waals surface area contributed by atoms with Gasteiger partial charge >= 0.3 is 0 Å². The number of oxime groups is 1. The van der Waals surface area contributed by atoms with Gasteiger partial charge in [0.15, 0.2) is 5.84 Å². The van der Waals surface area contributed by atoms with Crippen molar-refractivity contribution in [2.45, 2.75) is 18.9 Å².